The zero-order valence-corrected chi connectivity index (χ0v) is 17.3. The summed E-state index contributed by atoms with van der Waals surface area (Å²) in [5.41, 5.74) is 3.39. The Morgan fingerprint density at radius 3 is 2.33 bits per heavy atom. The van der Waals surface area contributed by atoms with Gasteiger partial charge in [0.15, 0.2) is 11.9 Å². The summed E-state index contributed by atoms with van der Waals surface area (Å²) in [6.45, 7) is 7.75. The Bertz CT molecular complexity index is 1240. The van der Waals surface area contributed by atoms with Crippen molar-refractivity contribution in [1.29, 1.82) is 0 Å². The van der Waals surface area contributed by atoms with Gasteiger partial charge < -0.3 is 0 Å². The monoisotopic (exact) mass is 410 g/mol. The van der Waals surface area contributed by atoms with Gasteiger partial charge in [0.05, 0.1) is 11.1 Å². The third kappa shape index (κ3) is 3.36. The van der Waals surface area contributed by atoms with Crippen LogP contribution in [-0.2, 0) is 6.18 Å². The number of hydrogen-bond donors (Lipinski definition) is 0. The molecule has 4 aromatic rings. The Balaban J connectivity index is 2.08. The first-order valence-electron chi connectivity index (χ1n) is 9.85. The first-order valence-corrected chi connectivity index (χ1v) is 9.85. The number of alkyl halides is 3. The molecule has 3 nitrogen and oxygen atoms in total. The first kappa shape index (κ1) is 20.1. The van der Waals surface area contributed by atoms with Gasteiger partial charge in [-0.05, 0) is 32.9 Å². The van der Waals surface area contributed by atoms with Crippen molar-refractivity contribution in [3.8, 4) is 16.9 Å². The third-order valence-corrected chi connectivity index (χ3v) is 5.39. The maximum Gasteiger partial charge on any atom is 0.416 e. The summed E-state index contributed by atoms with van der Waals surface area (Å²) >= 11 is 0. The molecule has 0 aliphatic rings. The molecule has 154 valence electrons. The van der Waals surface area contributed by atoms with Gasteiger partial charge in [0.25, 0.3) is 0 Å². The van der Waals surface area contributed by atoms with Crippen molar-refractivity contribution in [3.63, 3.8) is 0 Å². The number of para-hydroxylation sites is 1. The number of pyridine rings is 1. The minimum atomic E-state index is -4.46. The zero-order chi connectivity index (χ0) is 21.6. The van der Waals surface area contributed by atoms with Gasteiger partial charge in [0.1, 0.15) is 5.69 Å². The van der Waals surface area contributed by atoms with Crippen molar-refractivity contribution in [2.24, 2.45) is 0 Å². The van der Waals surface area contributed by atoms with Crippen molar-refractivity contribution in [2.45, 2.75) is 39.9 Å². The summed E-state index contributed by atoms with van der Waals surface area (Å²) in [5.74, 6) is 0. The predicted molar refractivity (Wildman–Crippen MR) is 112 cm³/mol. The van der Waals surface area contributed by atoms with Crippen LogP contribution in [0.3, 0.4) is 0 Å². The summed E-state index contributed by atoms with van der Waals surface area (Å²) in [5, 5.41) is 5.58. The fraction of sp³-hybridized carbons (Fsp3) is 0.250. The number of rotatable bonds is 3. The fourth-order valence-electron chi connectivity index (χ4n) is 3.84. The second-order valence-corrected chi connectivity index (χ2v) is 7.78. The van der Waals surface area contributed by atoms with Gasteiger partial charge in [-0.3, -0.25) is 4.68 Å². The van der Waals surface area contributed by atoms with Crippen LogP contribution in [0.15, 0.2) is 60.8 Å². The summed E-state index contributed by atoms with van der Waals surface area (Å²) in [7, 11) is 0. The molecule has 4 rings (SSSR count). The van der Waals surface area contributed by atoms with E-state index in [1.807, 2.05) is 74.8 Å². The van der Waals surface area contributed by atoms with Crippen LogP contribution < -0.4 is 4.57 Å². The van der Waals surface area contributed by atoms with Crippen LogP contribution in [0.1, 0.15) is 36.7 Å². The molecular weight excluding hydrogens is 387 g/mol. The molecule has 0 unspecified atom stereocenters. The van der Waals surface area contributed by atoms with Crippen LogP contribution in [0.4, 0.5) is 13.2 Å². The van der Waals surface area contributed by atoms with E-state index in [9.17, 15) is 13.2 Å². The van der Waals surface area contributed by atoms with E-state index in [-0.39, 0.29) is 6.04 Å². The molecule has 0 aliphatic carbocycles. The van der Waals surface area contributed by atoms with Crippen LogP contribution in [0.25, 0.3) is 27.8 Å². The summed E-state index contributed by atoms with van der Waals surface area (Å²) in [6, 6.07) is 15.7. The third-order valence-electron chi connectivity index (χ3n) is 5.39. The van der Waals surface area contributed by atoms with Crippen molar-refractivity contribution in [1.82, 2.24) is 9.78 Å². The van der Waals surface area contributed by atoms with E-state index < -0.39 is 11.7 Å². The molecule has 0 amide bonds. The van der Waals surface area contributed by atoms with Gasteiger partial charge in [-0.15, -0.1) is 0 Å². The second kappa shape index (κ2) is 7.27. The summed E-state index contributed by atoms with van der Waals surface area (Å²) < 4.78 is 45.1. The molecular formula is C24H23F3N3+. The van der Waals surface area contributed by atoms with Crippen molar-refractivity contribution in [2.75, 3.05) is 0 Å². The maximum absolute atomic E-state index is 13.8. The Morgan fingerprint density at radius 2 is 1.67 bits per heavy atom. The number of nitrogens with zero attached hydrogens (tertiary/aromatic N) is 3. The maximum atomic E-state index is 13.8. The normalized spacial score (nSPS) is 12.1. The number of aromatic nitrogens is 3. The molecule has 0 fully saturated rings. The minimum Gasteiger partial charge on any atom is -0.262 e. The highest BCUT2D eigenvalue weighted by atomic mass is 19.4. The quantitative estimate of drug-likeness (QED) is 0.369. The highest BCUT2D eigenvalue weighted by Crippen LogP contribution is 2.38. The van der Waals surface area contributed by atoms with E-state index >= 15 is 0 Å². The van der Waals surface area contributed by atoms with Gasteiger partial charge >= 0.3 is 6.18 Å². The van der Waals surface area contributed by atoms with Crippen LogP contribution in [0, 0.1) is 13.8 Å². The van der Waals surface area contributed by atoms with Gasteiger partial charge in [-0.2, -0.15) is 22.8 Å². The zero-order valence-electron chi connectivity index (χ0n) is 17.3. The smallest absolute Gasteiger partial charge is 0.262 e. The molecule has 0 aliphatic heterocycles. The van der Waals surface area contributed by atoms with E-state index in [0.29, 0.717) is 16.9 Å². The van der Waals surface area contributed by atoms with E-state index in [1.165, 1.54) is 12.1 Å². The van der Waals surface area contributed by atoms with Gasteiger partial charge in [-0.1, -0.05) is 24.3 Å². The Morgan fingerprint density at radius 1 is 0.967 bits per heavy atom. The van der Waals surface area contributed by atoms with Crippen molar-refractivity contribution in [3.05, 3.63) is 77.6 Å². The average Bonchev–Trinajstić information content (AvgIpc) is 3.08. The topological polar surface area (TPSA) is 21.7 Å². The predicted octanol–water partition coefficient (Wildman–Crippen LogP) is 6.20. The molecule has 0 radical (unpaired) electrons. The Labute approximate surface area is 173 Å². The SMILES string of the molecule is Cc1c(-c2nn(C(C)C)c3ccccc23)cc(C(F)(F)F)cc1-[n+]1ccccc1C. The Kier molecular flexibility index (Phi) is 4.88. The standard InChI is InChI=1S/C24H23F3N3/c1-15(2)30-21-11-6-5-10-19(21)23(28-30)20-13-18(24(25,26)27)14-22(17(20)4)29-12-8-7-9-16(29)3/h5-15H,1-4H3/q+1. The van der Waals surface area contributed by atoms with Gasteiger partial charge in [-0.25, -0.2) is 0 Å². The highest BCUT2D eigenvalue weighted by molar-refractivity contribution is 5.94. The molecule has 0 saturated carbocycles. The molecule has 0 saturated heterocycles. The largest absolute Gasteiger partial charge is 0.416 e. The fourth-order valence-corrected chi connectivity index (χ4v) is 3.84. The van der Waals surface area contributed by atoms with Gasteiger partial charge in [0.2, 0.25) is 5.69 Å². The second-order valence-electron chi connectivity index (χ2n) is 7.78. The van der Waals surface area contributed by atoms with E-state index in [2.05, 4.69) is 0 Å². The molecule has 0 N–H and O–H groups in total. The van der Waals surface area contributed by atoms with E-state index in [1.54, 1.807) is 10.8 Å². The summed E-state index contributed by atoms with van der Waals surface area (Å²) in [6.07, 6.45) is -2.68. The minimum absolute atomic E-state index is 0.0833. The van der Waals surface area contributed by atoms with E-state index in [4.69, 9.17) is 5.10 Å². The van der Waals surface area contributed by atoms with Gasteiger partial charge in [0, 0.05) is 47.7 Å². The number of halogens is 3. The number of hydrogen-bond acceptors (Lipinski definition) is 1. The average molecular weight is 410 g/mol. The van der Waals surface area contributed by atoms with Crippen molar-refractivity contribution < 1.29 is 17.7 Å². The molecule has 0 bridgehead atoms. The molecule has 0 atom stereocenters. The van der Waals surface area contributed by atoms with E-state index in [0.717, 1.165) is 22.2 Å². The highest BCUT2D eigenvalue weighted by Gasteiger charge is 2.34. The summed E-state index contributed by atoms with van der Waals surface area (Å²) in [4.78, 5) is 0. The number of benzene rings is 2. The van der Waals surface area contributed by atoms with Crippen LogP contribution >= 0.6 is 0 Å². The lowest BCUT2D eigenvalue weighted by molar-refractivity contribution is -0.603. The Hall–Kier alpha value is -3.15. The lowest BCUT2D eigenvalue weighted by Gasteiger charge is -2.13. The van der Waals surface area contributed by atoms with Crippen LogP contribution in [0.2, 0.25) is 0 Å². The van der Waals surface area contributed by atoms with Crippen LogP contribution in [-0.4, -0.2) is 9.78 Å². The molecule has 2 heterocycles. The van der Waals surface area contributed by atoms with Crippen molar-refractivity contribution >= 4 is 10.9 Å². The number of fused-ring (bicyclic) bond motifs is 1. The lowest BCUT2D eigenvalue weighted by Crippen LogP contribution is -2.35. The lowest BCUT2D eigenvalue weighted by atomic mass is 9.97. The number of aryl methyl sites for hydroxylation is 1. The molecule has 2 aromatic heterocycles. The molecule has 0 spiro atoms. The molecule has 2 aromatic carbocycles. The first-order chi connectivity index (χ1) is 14.2. The molecule has 30 heavy (non-hydrogen) atoms. The molecule has 6 heteroatoms. The van der Waals surface area contributed by atoms with Crippen LogP contribution in [0.5, 0.6) is 0 Å².